The first-order chi connectivity index (χ1) is 9.00. The molecule has 1 aromatic heterocycles. The molecule has 1 aliphatic heterocycles. The van der Waals surface area contributed by atoms with Gasteiger partial charge in [0.25, 0.3) is 0 Å². The van der Waals surface area contributed by atoms with Crippen molar-refractivity contribution in [1.82, 2.24) is 10.3 Å². The molecular weight excluding hydrogens is 256 g/mol. The number of nitrogens with zero attached hydrogens (tertiary/aromatic N) is 1. The molecule has 1 fully saturated rings. The molecule has 0 aromatic carbocycles. The van der Waals surface area contributed by atoms with Gasteiger partial charge in [-0.05, 0) is 46.6 Å². The highest BCUT2D eigenvalue weighted by Gasteiger charge is 2.41. The molecule has 0 saturated carbocycles. The Bertz CT molecular complexity index is 420. The smallest absolute Gasteiger partial charge is 0.113 e. The van der Waals surface area contributed by atoms with Crippen molar-refractivity contribution in [3.05, 3.63) is 15.6 Å². The van der Waals surface area contributed by atoms with Crippen LogP contribution in [0.4, 0.5) is 0 Å². The van der Waals surface area contributed by atoms with Gasteiger partial charge in [-0.2, -0.15) is 0 Å². The van der Waals surface area contributed by atoms with Crippen molar-refractivity contribution in [1.29, 1.82) is 0 Å². The Morgan fingerprint density at radius 2 is 1.95 bits per heavy atom. The van der Waals surface area contributed by atoms with Crippen LogP contribution in [0.2, 0.25) is 0 Å². The molecular formula is C15H26N2OS. The van der Waals surface area contributed by atoms with Crippen LogP contribution in [0, 0.1) is 6.92 Å². The number of ether oxygens (including phenoxy) is 1. The number of nitrogens with one attached hydrogen (secondary N) is 1. The third-order valence-electron chi connectivity index (χ3n) is 3.89. The van der Waals surface area contributed by atoms with Crippen LogP contribution >= 0.6 is 11.3 Å². The second kappa shape index (κ2) is 5.90. The highest BCUT2D eigenvalue weighted by atomic mass is 32.1. The fourth-order valence-electron chi connectivity index (χ4n) is 3.25. The Balaban J connectivity index is 2.37. The minimum Gasteiger partial charge on any atom is -0.375 e. The molecule has 0 amide bonds. The molecule has 2 unspecified atom stereocenters. The second-order valence-corrected chi connectivity index (χ2v) is 6.86. The van der Waals surface area contributed by atoms with Crippen molar-refractivity contribution in [2.75, 3.05) is 6.54 Å². The van der Waals surface area contributed by atoms with Gasteiger partial charge in [0.15, 0.2) is 0 Å². The van der Waals surface area contributed by atoms with Crippen molar-refractivity contribution < 1.29 is 4.74 Å². The number of aromatic nitrogens is 1. The fraction of sp³-hybridized carbons (Fsp3) is 0.800. The number of hydrogen-bond donors (Lipinski definition) is 1. The first kappa shape index (κ1) is 14.9. The minimum atomic E-state index is 0.00861. The summed E-state index contributed by atoms with van der Waals surface area (Å²) in [7, 11) is 0. The Morgan fingerprint density at radius 1 is 1.32 bits per heavy atom. The van der Waals surface area contributed by atoms with E-state index in [1.165, 1.54) is 15.6 Å². The lowest BCUT2D eigenvalue weighted by atomic mass is 9.84. The Morgan fingerprint density at radius 3 is 2.42 bits per heavy atom. The van der Waals surface area contributed by atoms with Crippen LogP contribution in [0.5, 0.6) is 0 Å². The summed E-state index contributed by atoms with van der Waals surface area (Å²) >= 11 is 1.86. The average molecular weight is 282 g/mol. The summed E-state index contributed by atoms with van der Waals surface area (Å²) in [5.41, 5.74) is 1.26. The molecule has 3 nitrogen and oxygen atoms in total. The van der Waals surface area contributed by atoms with E-state index in [0.717, 1.165) is 25.8 Å². The molecule has 19 heavy (non-hydrogen) atoms. The van der Waals surface area contributed by atoms with Crippen molar-refractivity contribution in [3.8, 4) is 0 Å². The lowest BCUT2D eigenvalue weighted by Gasteiger charge is -2.42. The van der Waals surface area contributed by atoms with Gasteiger partial charge in [-0.1, -0.05) is 13.8 Å². The van der Waals surface area contributed by atoms with Gasteiger partial charge >= 0.3 is 0 Å². The molecule has 1 saturated heterocycles. The largest absolute Gasteiger partial charge is 0.375 e. The summed E-state index contributed by atoms with van der Waals surface area (Å²) in [5, 5.41) is 4.96. The lowest BCUT2D eigenvalue weighted by Crippen LogP contribution is -2.51. The predicted octanol–water partition coefficient (Wildman–Crippen LogP) is 3.41. The molecule has 1 aliphatic rings. The quantitative estimate of drug-likeness (QED) is 0.919. The Kier molecular flexibility index (Phi) is 4.64. The number of hydrogen-bond acceptors (Lipinski definition) is 4. The van der Waals surface area contributed by atoms with Crippen LogP contribution < -0.4 is 5.32 Å². The van der Waals surface area contributed by atoms with Gasteiger partial charge in [-0.3, -0.25) is 0 Å². The molecule has 2 rings (SSSR count). The first-order valence-electron chi connectivity index (χ1n) is 7.38. The molecule has 2 atom stereocenters. The maximum Gasteiger partial charge on any atom is 0.113 e. The Labute approximate surface area is 120 Å². The monoisotopic (exact) mass is 282 g/mol. The zero-order valence-electron chi connectivity index (χ0n) is 12.7. The normalized spacial score (nSPS) is 31.6. The zero-order chi connectivity index (χ0) is 14.0. The maximum atomic E-state index is 5.91. The number of thiazole rings is 1. The third-order valence-corrected chi connectivity index (χ3v) is 5.11. The van der Waals surface area contributed by atoms with Crippen LogP contribution in [0.3, 0.4) is 0 Å². The van der Waals surface area contributed by atoms with Gasteiger partial charge in [-0.25, -0.2) is 4.98 Å². The molecule has 1 aromatic rings. The third kappa shape index (κ3) is 3.01. The zero-order valence-corrected chi connectivity index (χ0v) is 13.6. The van der Waals surface area contributed by atoms with Gasteiger partial charge in [0.05, 0.1) is 23.4 Å². The summed E-state index contributed by atoms with van der Waals surface area (Å²) in [6.45, 7) is 11.9. The van der Waals surface area contributed by atoms with Gasteiger partial charge in [-0.15, -0.1) is 11.3 Å². The van der Waals surface area contributed by atoms with Crippen molar-refractivity contribution in [3.63, 3.8) is 0 Å². The van der Waals surface area contributed by atoms with Gasteiger partial charge in [0.2, 0.25) is 0 Å². The summed E-state index contributed by atoms with van der Waals surface area (Å²) in [6, 6.07) is 0. The minimum absolute atomic E-state index is 0.00861. The van der Waals surface area contributed by atoms with Crippen LogP contribution in [-0.4, -0.2) is 23.7 Å². The predicted molar refractivity (Wildman–Crippen MR) is 80.8 cm³/mol. The standard InChI is InChI=1S/C15H26N2OS/c1-6-13-12(5)19-14(17-13)15(16-7-2)8-10(3)18-11(4)9-15/h10-11,16H,6-9H2,1-5H3. The van der Waals surface area contributed by atoms with Crippen molar-refractivity contribution in [2.45, 2.75) is 71.6 Å². The maximum absolute atomic E-state index is 5.91. The highest BCUT2D eigenvalue weighted by molar-refractivity contribution is 7.11. The molecule has 0 spiro atoms. The summed E-state index contributed by atoms with van der Waals surface area (Å²) in [4.78, 5) is 6.27. The molecule has 2 heterocycles. The van der Waals surface area contributed by atoms with E-state index in [1.807, 2.05) is 11.3 Å². The van der Waals surface area contributed by atoms with E-state index in [1.54, 1.807) is 0 Å². The molecule has 1 N–H and O–H groups in total. The fourth-order valence-corrected chi connectivity index (χ4v) is 4.44. The Hall–Kier alpha value is -0.450. The van der Waals surface area contributed by atoms with E-state index < -0.39 is 0 Å². The number of aryl methyl sites for hydroxylation is 2. The summed E-state index contributed by atoms with van der Waals surface area (Å²) < 4.78 is 5.91. The van der Waals surface area contributed by atoms with Crippen LogP contribution in [0.1, 0.15) is 56.1 Å². The van der Waals surface area contributed by atoms with E-state index in [0.29, 0.717) is 0 Å². The molecule has 108 valence electrons. The van der Waals surface area contributed by atoms with Gasteiger partial charge in [0.1, 0.15) is 5.01 Å². The van der Waals surface area contributed by atoms with E-state index in [4.69, 9.17) is 9.72 Å². The van der Waals surface area contributed by atoms with Crippen LogP contribution in [0.25, 0.3) is 0 Å². The van der Waals surface area contributed by atoms with E-state index in [2.05, 4.69) is 39.9 Å². The average Bonchev–Trinajstić information content (AvgIpc) is 2.70. The molecule has 4 heteroatoms. The van der Waals surface area contributed by atoms with Crippen LogP contribution in [-0.2, 0) is 16.7 Å². The topological polar surface area (TPSA) is 34.2 Å². The molecule has 0 radical (unpaired) electrons. The second-order valence-electron chi connectivity index (χ2n) is 5.65. The highest BCUT2D eigenvalue weighted by Crippen LogP contribution is 2.40. The molecule has 0 bridgehead atoms. The number of rotatable bonds is 4. The summed E-state index contributed by atoms with van der Waals surface area (Å²) in [6.07, 6.45) is 3.63. The van der Waals surface area contributed by atoms with Crippen molar-refractivity contribution in [2.24, 2.45) is 0 Å². The van der Waals surface area contributed by atoms with E-state index in [9.17, 15) is 0 Å². The molecule has 0 aliphatic carbocycles. The van der Waals surface area contributed by atoms with E-state index >= 15 is 0 Å². The summed E-state index contributed by atoms with van der Waals surface area (Å²) in [5.74, 6) is 0. The van der Waals surface area contributed by atoms with E-state index in [-0.39, 0.29) is 17.7 Å². The van der Waals surface area contributed by atoms with Gasteiger partial charge in [0, 0.05) is 4.88 Å². The van der Waals surface area contributed by atoms with Crippen LogP contribution in [0.15, 0.2) is 0 Å². The lowest BCUT2D eigenvalue weighted by molar-refractivity contribution is -0.0709. The SMILES string of the molecule is CCNC1(c2nc(CC)c(C)s2)CC(C)OC(C)C1. The van der Waals surface area contributed by atoms with Crippen molar-refractivity contribution >= 4 is 11.3 Å². The first-order valence-corrected chi connectivity index (χ1v) is 8.19. The van der Waals surface area contributed by atoms with Gasteiger partial charge < -0.3 is 10.1 Å².